The number of benzene rings is 1. The molecule has 0 aliphatic carbocycles. The number of para-hydroxylation sites is 1. The quantitative estimate of drug-likeness (QED) is 0.783. The lowest BCUT2D eigenvalue weighted by molar-refractivity contribution is 0.0946. The van der Waals surface area contributed by atoms with Crippen LogP contribution in [0.15, 0.2) is 54.9 Å². The zero-order valence-corrected chi connectivity index (χ0v) is 13.2. The van der Waals surface area contributed by atoms with Gasteiger partial charge in [0, 0.05) is 43.8 Å². The Balaban J connectivity index is 1.62. The van der Waals surface area contributed by atoms with Crippen molar-refractivity contribution in [1.82, 2.24) is 19.9 Å². The summed E-state index contributed by atoms with van der Waals surface area (Å²) in [5.41, 5.74) is 2.15. The van der Waals surface area contributed by atoms with Crippen molar-refractivity contribution in [1.29, 1.82) is 0 Å². The molecule has 0 spiro atoms. The summed E-state index contributed by atoms with van der Waals surface area (Å²) in [5.74, 6) is -0.191. The SMILES string of the molecule is C[C@H](CNC(=O)c1cc2ncccn2n1)N(C)c1ccccc1. The minimum Gasteiger partial charge on any atom is -0.370 e. The van der Waals surface area contributed by atoms with Crippen molar-refractivity contribution in [2.45, 2.75) is 13.0 Å². The third kappa shape index (κ3) is 3.31. The second-order valence-electron chi connectivity index (χ2n) is 5.46. The number of amides is 1. The molecule has 2 aromatic heterocycles. The highest BCUT2D eigenvalue weighted by Gasteiger charge is 2.14. The van der Waals surface area contributed by atoms with E-state index in [1.807, 2.05) is 37.4 Å². The Hall–Kier alpha value is -2.89. The fourth-order valence-corrected chi connectivity index (χ4v) is 2.33. The van der Waals surface area contributed by atoms with Crippen molar-refractivity contribution in [3.63, 3.8) is 0 Å². The van der Waals surface area contributed by atoms with E-state index in [0.29, 0.717) is 17.9 Å². The first-order chi connectivity index (χ1) is 11.1. The standard InChI is InChI=1S/C17H19N5O/c1-13(21(2)14-7-4-3-5-8-14)12-19-17(23)15-11-16-18-9-6-10-22(16)20-15/h3-11,13H,12H2,1-2H3,(H,19,23)/t13-/m1/s1. The van der Waals surface area contributed by atoms with Crippen LogP contribution in [-0.2, 0) is 0 Å². The lowest BCUT2D eigenvalue weighted by atomic mass is 10.2. The monoisotopic (exact) mass is 309 g/mol. The number of nitrogens with one attached hydrogen (secondary N) is 1. The molecule has 0 unspecified atom stereocenters. The van der Waals surface area contributed by atoms with Crippen LogP contribution < -0.4 is 10.2 Å². The smallest absolute Gasteiger partial charge is 0.271 e. The second-order valence-corrected chi connectivity index (χ2v) is 5.46. The topological polar surface area (TPSA) is 62.5 Å². The van der Waals surface area contributed by atoms with Gasteiger partial charge in [0.1, 0.15) is 0 Å². The molecule has 2 heterocycles. The van der Waals surface area contributed by atoms with E-state index < -0.39 is 0 Å². The van der Waals surface area contributed by atoms with Crippen LogP contribution in [0.5, 0.6) is 0 Å². The van der Waals surface area contributed by atoms with E-state index >= 15 is 0 Å². The molecule has 1 atom stereocenters. The normalized spacial score (nSPS) is 12.1. The summed E-state index contributed by atoms with van der Waals surface area (Å²) in [4.78, 5) is 18.5. The number of hydrogen-bond donors (Lipinski definition) is 1. The van der Waals surface area contributed by atoms with Crippen LogP contribution in [0.3, 0.4) is 0 Å². The number of fused-ring (bicyclic) bond motifs is 1. The first kappa shape index (κ1) is 15.0. The van der Waals surface area contributed by atoms with E-state index in [1.54, 1.807) is 29.0 Å². The van der Waals surface area contributed by atoms with Gasteiger partial charge in [-0.3, -0.25) is 4.79 Å². The van der Waals surface area contributed by atoms with Crippen LogP contribution in [0.25, 0.3) is 5.65 Å². The summed E-state index contributed by atoms with van der Waals surface area (Å²) in [6, 6.07) is 13.7. The summed E-state index contributed by atoms with van der Waals surface area (Å²) >= 11 is 0. The molecular formula is C17H19N5O. The summed E-state index contributed by atoms with van der Waals surface area (Å²) in [7, 11) is 2.01. The Morgan fingerprint density at radius 1 is 1.30 bits per heavy atom. The van der Waals surface area contributed by atoms with Crippen molar-refractivity contribution in [3.8, 4) is 0 Å². The first-order valence-electron chi connectivity index (χ1n) is 7.51. The summed E-state index contributed by atoms with van der Waals surface area (Å²) in [6.45, 7) is 2.60. The Kier molecular flexibility index (Phi) is 4.23. The molecule has 0 aliphatic rings. The van der Waals surface area contributed by atoms with Crippen molar-refractivity contribution >= 4 is 17.2 Å². The average Bonchev–Trinajstić information content (AvgIpc) is 3.03. The highest BCUT2D eigenvalue weighted by Crippen LogP contribution is 2.13. The van der Waals surface area contributed by atoms with Crippen molar-refractivity contribution in [2.75, 3.05) is 18.5 Å². The molecule has 0 bridgehead atoms. The molecule has 6 heteroatoms. The number of hydrogen-bond acceptors (Lipinski definition) is 4. The lowest BCUT2D eigenvalue weighted by Gasteiger charge is -2.27. The van der Waals surface area contributed by atoms with Gasteiger partial charge in [-0.2, -0.15) is 5.10 Å². The maximum atomic E-state index is 12.2. The minimum absolute atomic E-state index is 0.163. The van der Waals surface area contributed by atoms with E-state index in [4.69, 9.17) is 0 Å². The van der Waals surface area contributed by atoms with E-state index in [-0.39, 0.29) is 11.9 Å². The van der Waals surface area contributed by atoms with Gasteiger partial charge in [0.25, 0.3) is 5.91 Å². The van der Waals surface area contributed by atoms with Gasteiger partial charge in [-0.05, 0) is 25.1 Å². The van der Waals surface area contributed by atoms with Gasteiger partial charge in [0.15, 0.2) is 11.3 Å². The van der Waals surface area contributed by atoms with E-state index in [0.717, 1.165) is 5.69 Å². The van der Waals surface area contributed by atoms with Gasteiger partial charge in [-0.1, -0.05) is 18.2 Å². The summed E-state index contributed by atoms with van der Waals surface area (Å²) in [5, 5.41) is 7.15. The number of rotatable bonds is 5. The third-order valence-corrected chi connectivity index (χ3v) is 3.85. The molecule has 0 radical (unpaired) electrons. The van der Waals surface area contributed by atoms with Crippen molar-refractivity contribution < 1.29 is 4.79 Å². The van der Waals surface area contributed by atoms with Gasteiger partial charge in [0.05, 0.1) is 0 Å². The molecule has 118 valence electrons. The average molecular weight is 309 g/mol. The molecule has 0 saturated carbocycles. The molecule has 1 aromatic carbocycles. The van der Waals surface area contributed by atoms with Gasteiger partial charge in [-0.25, -0.2) is 9.50 Å². The zero-order valence-electron chi connectivity index (χ0n) is 13.2. The lowest BCUT2D eigenvalue weighted by Crippen LogP contribution is -2.40. The fourth-order valence-electron chi connectivity index (χ4n) is 2.33. The van der Waals surface area contributed by atoms with Crippen LogP contribution in [0.4, 0.5) is 5.69 Å². The van der Waals surface area contributed by atoms with Crippen molar-refractivity contribution in [3.05, 3.63) is 60.6 Å². The Morgan fingerprint density at radius 2 is 2.09 bits per heavy atom. The Labute approximate surface area is 134 Å². The number of aromatic nitrogens is 3. The second kappa shape index (κ2) is 6.48. The maximum absolute atomic E-state index is 12.2. The number of anilines is 1. The molecule has 0 fully saturated rings. The third-order valence-electron chi connectivity index (χ3n) is 3.85. The summed E-state index contributed by atoms with van der Waals surface area (Å²) in [6.07, 6.45) is 3.44. The Morgan fingerprint density at radius 3 is 2.83 bits per heavy atom. The van der Waals surface area contributed by atoms with E-state index in [1.165, 1.54) is 0 Å². The van der Waals surface area contributed by atoms with Crippen LogP contribution in [-0.4, -0.2) is 40.1 Å². The number of nitrogens with zero attached hydrogens (tertiary/aromatic N) is 4. The van der Waals surface area contributed by atoms with E-state index in [2.05, 4.69) is 27.2 Å². The van der Waals surface area contributed by atoms with Gasteiger partial charge in [-0.15, -0.1) is 0 Å². The van der Waals surface area contributed by atoms with Gasteiger partial charge < -0.3 is 10.2 Å². The van der Waals surface area contributed by atoms with Gasteiger partial charge >= 0.3 is 0 Å². The predicted molar refractivity (Wildman–Crippen MR) is 89.6 cm³/mol. The van der Waals surface area contributed by atoms with Gasteiger partial charge in [0.2, 0.25) is 0 Å². The van der Waals surface area contributed by atoms with Crippen LogP contribution in [0.2, 0.25) is 0 Å². The molecule has 0 saturated heterocycles. The number of carbonyl (C=O) groups excluding carboxylic acids is 1. The predicted octanol–water partition coefficient (Wildman–Crippen LogP) is 1.98. The number of likely N-dealkylation sites (N-methyl/N-ethyl adjacent to an activating group) is 1. The highest BCUT2D eigenvalue weighted by molar-refractivity contribution is 5.93. The molecule has 1 N–H and O–H groups in total. The highest BCUT2D eigenvalue weighted by atomic mass is 16.1. The molecule has 3 rings (SSSR count). The van der Waals surface area contributed by atoms with Crippen LogP contribution >= 0.6 is 0 Å². The minimum atomic E-state index is -0.191. The van der Waals surface area contributed by atoms with E-state index in [9.17, 15) is 4.79 Å². The summed E-state index contributed by atoms with van der Waals surface area (Å²) < 4.78 is 1.59. The number of carbonyl (C=O) groups is 1. The largest absolute Gasteiger partial charge is 0.370 e. The Bertz CT molecular complexity index is 766. The molecule has 0 aliphatic heterocycles. The first-order valence-corrected chi connectivity index (χ1v) is 7.51. The molecular weight excluding hydrogens is 290 g/mol. The van der Waals surface area contributed by atoms with Crippen LogP contribution in [0, 0.1) is 0 Å². The zero-order chi connectivity index (χ0) is 16.2. The molecule has 1 amide bonds. The molecule has 23 heavy (non-hydrogen) atoms. The van der Waals surface area contributed by atoms with Crippen LogP contribution in [0.1, 0.15) is 17.4 Å². The molecule has 3 aromatic rings. The van der Waals surface area contributed by atoms with Crippen molar-refractivity contribution in [2.24, 2.45) is 0 Å². The maximum Gasteiger partial charge on any atom is 0.271 e. The fraction of sp³-hybridized carbons (Fsp3) is 0.235. The molecule has 6 nitrogen and oxygen atoms in total.